The molecule has 1 fully saturated rings. The molecule has 0 saturated heterocycles. The Morgan fingerprint density at radius 3 is 2.36 bits per heavy atom. The van der Waals surface area contributed by atoms with Crippen molar-refractivity contribution in [3.63, 3.8) is 0 Å². The Morgan fingerprint density at radius 1 is 1.29 bits per heavy atom. The van der Waals surface area contributed by atoms with Gasteiger partial charge in [0.05, 0.1) is 4.83 Å². The molecule has 0 bridgehead atoms. The van der Waals surface area contributed by atoms with Crippen molar-refractivity contribution < 1.29 is 4.79 Å². The molecule has 1 saturated carbocycles. The molecule has 0 aromatic heterocycles. The minimum absolute atomic E-state index is 0.0754. The summed E-state index contributed by atoms with van der Waals surface area (Å²) in [5.74, 6) is 0.807. The minimum atomic E-state index is -0.0754. The van der Waals surface area contributed by atoms with Gasteiger partial charge >= 0.3 is 0 Å². The smallest absolute Gasteiger partial charge is 0.233 e. The third-order valence-electron chi connectivity index (χ3n) is 3.09. The Kier molecular flexibility index (Phi) is 4.93. The van der Waals surface area contributed by atoms with Crippen LogP contribution >= 0.6 is 15.9 Å². The van der Waals surface area contributed by atoms with Crippen LogP contribution in [0.2, 0.25) is 0 Å². The van der Waals surface area contributed by atoms with Crippen molar-refractivity contribution in [2.24, 2.45) is 5.92 Å². The molecule has 1 unspecified atom stereocenters. The number of carbonyl (C=O) groups is 1. The first-order chi connectivity index (χ1) is 6.61. The molecule has 1 rings (SSSR count). The Bertz CT molecular complexity index is 188. The van der Waals surface area contributed by atoms with Crippen LogP contribution in [0.3, 0.4) is 0 Å². The minimum Gasteiger partial charge on any atom is -0.352 e. The maximum absolute atomic E-state index is 11.4. The van der Waals surface area contributed by atoms with E-state index in [0.717, 1.165) is 0 Å². The summed E-state index contributed by atoms with van der Waals surface area (Å²) in [5, 5.41) is 3.06. The molecule has 2 atom stereocenters. The van der Waals surface area contributed by atoms with Gasteiger partial charge in [0.2, 0.25) is 5.91 Å². The number of hydrogen-bond donors (Lipinski definition) is 1. The third-order valence-corrected chi connectivity index (χ3v) is 3.50. The first-order valence-electron chi connectivity index (χ1n) is 5.55. The van der Waals surface area contributed by atoms with E-state index in [9.17, 15) is 4.79 Å². The summed E-state index contributed by atoms with van der Waals surface area (Å²) in [6.45, 7) is 3.99. The van der Waals surface area contributed by atoms with Gasteiger partial charge in [0.1, 0.15) is 0 Å². The maximum Gasteiger partial charge on any atom is 0.233 e. The average molecular weight is 262 g/mol. The van der Waals surface area contributed by atoms with E-state index >= 15 is 0 Å². The SMILES string of the molecule is CC(Br)C(=O)N[C@H](C)C1CCCCC1. The van der Waals surface area contributed by atoms with Gasteiger partial charge in [-0.1, -0.05) is 35.2 Å². The highest BCUT2D eigenvalue weighted by molar-refractivity contribution is 9.10. The number of alkyl halides is 1. The number of carbonyl (C=O) groups excluding carboxylic acids is 1. The monoisotopic (exact) mass is 261 g/mol. The van der Waals surface area contributed by atoms with Crippen LogP contribution in [0.4, 0.5) is 0 Å². The van der Waals surface area contributed by atoms with Crippen molar-refractivity contribution in [2.45, 2.75) is 56.8 Å². The standard InChI is InChI=1S/C11H20BrNO/c1-8(12)11(14)13-9(2)10-6-4-3-5-7-10/h8-10H,3-7H2,1-2H3,(H,13,14)/t8?,9-/m1/s1. The summed E-state index contributed by atoms with van der Waals surface area (Å²) in [4.78, 5) is 11.4. The fourth-order valence-corrected chi connectivity index (χ4v) is 2.22. The Balaban J connectivity index is 2.32. The molecule has 0 aliphatic heterocycles. The normalized spacial score (nSPS) is 22.8. The van der Waals surface area contributed by atoms with Gasteiger partial charge in [-0.15, -0.1) is 0 Å². The molecule has 1 N–H and O–H groups in total. The third kappa shape index (κ3) is 3.60. The molecule has 0 radical (unpaired) electrons. The lowest BCUT2D eigenvalue weighted by atomic mass is 9.84. The zero-order chi connectivity index (χ0) is 10.6. The zero-order valence-corrected chi connectivity index (χ0v) is 10.6. The molecule has 0 aromatic rings. The number of amides is 1. The van der Waals surface area contributed by atoms with E-state index in [-0.39, 0.29) is 10.7 Å². The van der Waals surface area contributed by atoms with Crippen LogP contribution in [0.5, 0.6) is 0 Å². The van der Waals surface area contributed by atoms with Crippen molar-refractivity contribution >= 4 is 21.8 Å². The van der Waals surface area contributed by atoms with Gasteiger partial charge in [-0.2, -0.15) is 0 Å². The molecule has 0 heterocycles. The van der Waals surface area contributed by atoms with Crippen molar-refractivity contribution in [3.05, 3.63) is 0 Å². The van der Waals surface area contributed by atoms with E-state index in [4.69, 9.17) is 0 Å². The highest BCUT2D eigenvalue weighted by Gasteiger charge is 2.22. The second-order valence-electron chi connectivity index (χ2n) is 4.31. The second-order valence-corrected chi connectivity index (χ2v) is 5.68. The predicted octanol–water partition coefficient (Wildman–Crippen LogP) is 2.85. The van der Waals surface area contributed by atoms with Crippen molar-refractivity contribution in [2.75, 3.05) is 0 Å². The van der Waals surface area contributed by atoms with Crippen LogP contribution in [0.15, 0.2) is 0 Å². The highest BCUT2D eigenvalue weighted by Crippen LogP contribution is 2.26. The van der Waals surface area contributed by atoms with E-state index in [0.29, 0.717) is 12.0 Å². The summed E-state index contributed by atoms with van der Waals surface area (Å²) in [7, 11) is 0. The molecule has 1 amide bonds. The van der Waals surface area contributed by atoms with Crippen molar-refractivity contribution in [1.82, 2.24) is 5.32 Å². The van der Waals surface area contributed by atoms with Crippen LogP contribution in [0, 0.1) is 5.92 Å². The predicted molar refractivity (Wildman–Crippen MR) is 62.6 cm³/mol. The lowest BCUT2D eigenvalue weighted by molar-refractivity contribution is -0.121. The topological polar surface area (TPSA) is 29.1 Å². The summed E-state index contributed by atoms with van der Waals surface area (Å²) in [5.41, 5.74) is 0. The Morgan fingerprint density at radius 2 is 1.86 bits per heavy atom. The van der Waals surface area contributed by atoms with Crippen LogP contribution in [-0.4, -0.2) is 16.8 Å². The average Bonchev–Trinajstić information content (AvgIpc) is 2.19. The lowest BCUT2D eigenvalue weighted by Crippen LogP contribution is -2.41. The van der Waals surface area contributed by atoms with E-state index < -0.39 is 0 Å². The van der Waals surface area contributed by atoms with Crippen molar-refractivity contribution in [3.8, 4) is 0 Å². The fourth-order valence-electron chi connectivity index (χ4n) is 2.09. The largest absolute Gasteiger partial charge is 0.352 e. The van der Waals surface area contributed by atoms with E-state index in [1.807, 2.05) is 6.92 Å². The van der Waals surface area contributed by atoms with E-state index in [1.54, 1.807) is 0 Å². The molecule has 14 heavy (non-hydrogen) atoms. The van der Waals surface area contributed by atoms with Gasteiger partial charge in [-0.25, -0.2) is 0 Å². The van der Waals surface area contributed by atoms with Gasteiger partial charge in [0, 0.05) is 6.04 Å². The van der Waals surface area contributed by atoms with Gasteiger partial charge in [-0.05, 0) is 32.6 Å². The summed E-state index contributed by atoms with van der Waals surface area (Å²) in [6, 6.07) is 0.336. The number of rotatable bonds is 3. The highest BCUT2D eigenvalue weighted by atomic mass is 79.9. The van der Waals surface area contributed by atoms with Gasteiger partial charge < -0.3 is 5.32 Å². The first kappa shape index (κ1) is 12.0. The van der Waals surface area contributed by atoms with Crippen LogP contribution in [0.1, 0.15) is 46.0 Å². The quantitative estimate of drug-likeness (QED) is 0.778. The van der Waals surface area contributed by atoms with E-state index in [2.05, 4.69) is 28.2 Å². The summed E-state index contributed by atoms with van der Waals surface area (Å²) < 4.78 is 0. The molecule has 0 spiro atoms. The molecule has 0 aromatic carbocycles. The molecule has 1 aliphatic carbocycles. The molecule has 3 heteroatoms. The fraction of sp³-hybridized carbons (Fsp3) is 0.909. The van der Waals surface area contributed by atoms with Crippen LogP contribution in [-0.2, 0) is 4.79 Å². The Hall–Kier alpha value is -0.0500. The zero-order valence-electron chi connectivity index (χ0n) is 9.05. The van der Waals surface area contributed by atoms with Gasteiger partial charge in [0.25, 0.3) is 0 Å². The number of halogens is 1. The first-order valence-corrected chi connectivity index (χ1v) is 6.47. The second kappa shape index (κ2) is 5.74. The number of hydrogen-bond acceptors (Lipinski definition) is 1. The molecular formula is C11H20BrNO. The Labute approximate surface area is 95.0 Å². The number of nitrogens with one attached hydrogen (secondary N) is 1. The van der Waals surface area contributed by atoms with E-state index in [1.165, 1.54) is 32.1 Å². The maximum atomic E-state index is 11.4. The summed E-state index contributed by atoms with van der Waals surface area (Å²) in [6.07, 6.45) is 6.58. The van der Waals surface area contributed by atoms with Gasteiger partial charge in [0.15, 0.2) is 0 Å². The molecule has 1 aliphatic rings. The molecular weight excluding hydrogens is 242 g/mol. The molecule has 82 valence electrons. The van der Waals surface area contributed by atoms with Gasteiger partial charge in [-0.3, -0.25) is 4.79 Å². The lowest BCUT2D eigenvalue weighted by Gasteiger charge is -2.28. The molecule has 2 nitrogen and oxygen atoms in total. The summed E-state index contributed by atoms with van der Waals surface area (Å²) >= 11 is 3.28. The van der Waals surface area contributed by atoms with Crippen LogP contribution in [0.25, 0.3) is 0 Å². The van der Waals surface area contributed by atoms with Crippen molar-refractivity contribution in [1.29, 1.82) is 0 Å². The van der Waals surface area contributed by atoms with Crippen LogP contribution < -0.4 is 5.32 Å².